The van der Waals surface area contributed by atoms with Gasteiger partial charge in [-0.3, -0.25) is 9.59 Å². The van der Waals surface area contributed by atoms with Crippen LogP contribution in [0.1, 0.15) is 36.0 Å². The van der Waals surface area contributed by atoms with Crippen molar-refractivity contribution < 1.29 is 14.3 Å². The Bertz CT molecular complexity index is 580. The molecule has 1 aliphatic heterocycles. The predicted molar refractivity (Wildman–Crippen MR) is 78.2 cm³/mol. The van der Waals surface area contributed by atoms with Gasteiger partial charge in [0.25, 0.3) is 5.91 Å². The maximum Gasteiger partial charge on any atom is 0.265 e. The zero-order valence-corrected chi connectivity index (χ0v) is 11.7. The van der Waals surface area contributed by atoms with E-state index in [4.69, 9.17) is 16.2 Å². The second-order valence-electron chi connectivity index (χ2n) is 5.67. The number of carbonyl (C=O) groups excluding carboxylic acids is 2. The standard InChI is InChI=1S/C15H19N3O3/c16-10-2-4-11(5-3-10)18-12-6-1-9(15(17)20)7-13(12)21-8-14(18)19/h1,6-7,10-11H,2-5,8,16H2,(H2,17,20). The van der Waals surface area contributed by atoms with Crippen LogP contribution in [0.15, 0.2) is 18.2 Å². The van der Waals surface area contributed by atoms with Gasteiger partial charge in [-0.25, -0.2) is 0 Å². The number of benzene rings is 1. The van der Waals surface area contributed by atoms with Gasteiger partial charge in [-0.1, -0.05) is 0 Å². The highest BCUT2D eigenvalue weighted by Crippen LogP contribution is 2.37. The van der Waals surface area contributed by atoms with E-state index in [-0.39, 0.29) is 24.6 Å². The van der Waals surface area contributed by atoms with Gasteiger partial charge in [-0.15, -0.1) is 0 Å². The molecule has 1 fully saturated rings. The van der Waals surface area contributed by atoms with Crippen LogP contribution in [0, 0.1) is 0 Å². The van der Waals surface area contributed by atoms with Crippen molar-refractivity contribution in [1.82, 2.24) is 0 Å². The minimum Gasteiger partial charge on any atom is -0.482 e. The fraction of sp³-hybridized carbons (Fsp3) is 0.467. The summed E-state index contributed by atoms with van der Waals surface area (Å²) in [6, 6.07) is 5.35. The van der Waals surface area contributed by atoms with Crippen LogP contribution < -0.4 is 21.1 Å². The monoisotopic (exact) mass is 289 g/mol. The number of hydrogen-bond acceptors (Lipinski definition) is 4. The van der Waals surface area contributed by atoms with Gasteiger partial charge in [-0.2, -0.15) is 0 Å². The average molecular weight is 289 g/mol. The van der Waals surface area contributed by atoms with Crippen molar-refractivity contribution >= 4 is 17.5 Å². The van der Waals surface area contributed by atoms with E-state index < -0.39 is 5.91 Å². The van der Waals surface area contributed by atoms with E-state index in [1.54, 1.807) is 23.1 Å². The highest BCUT2D eigenvalue weighted by Gasteiger charge is 2.33. The summed E-state index contributed by atoms with van der Waals surface area (Å²) in [5, 5.41) is 0. The number of primary amides is 1. The fourth-order valence-corrected chi connectivity index (χ4v) is 3.09. The summed E-state index contributed by atoms with van der Waals surface area (Å²) in [4.78, 5) is 25.3. The number of nitrogens with zero attached hydrogens (tertiary/aromatic N) is 1. The molecule has 2 amide bonds. The van der Waals surface area contributed by atoms with Gasteiger partial charge in [0.05, 0.1) is 5.69 Å². The minimum absolute atomic E-state index is 0.00221. The molecule has 2 aliphatic rings. The Labute approximate surface area is 123 Å². The van der Waals surface area contributed by atoms with Crippen molar-refractivity contribution in [3.63, 3.8) is 0 Å². The molecular weight excluding hydrogens is 270 g/mol. The number of rotatable bonds is 2. The molecule has 6 nitrogen and oxygen atoms in total. The molecule has 4 N–H and O–H groups in total. The molecule has 0 spiro atoms. The lowest BCUT2D eigenvalue weighted by molar-refractivity contribution is -0.122. The first-order chi connectivity index (χ1) is 10.1. The summed E-state index contributed by atoms with van der Waals surface area (Å²) in [6.07, 6.45) is 3.63. The van der Waals surface area contributed by atoms with Crippen LogP contribution >= 0.6 is 0 Å². The van der Waals surface area contributed by atoms with Crippen molar-refractivity contribution in [2.75, 3.05) is 11.5 Å². The number of carbonyl (C=O) groups is 2. The summed E-state index contributed by atoms with van der Waals surface area (Å²) >= 11 is 0. The fourth-order valence-electron chi connectivity index (χ4n) is 3.09. The molecule has 0 saturated heterocycles. The normalized spacial score (nSPS) is 25.2. The summed E-state index contributed by atoms with van der Waals surface area (Å²) in [5.41, 5.74) is 12.3. The first-order valence-corrected chi connectivity index (χ1v) is 7.20. The Morgan fingerprint density at radius 2 is 1.95 bits per heavy atom. The third kappa shape index (κ3) is 2.58. The van der Waals surface area contributed by atoms with Gasteiger partial charge in [0.15, 0.2) is 6.61 Å². The van der Waals surface area contributed by atoms with Gasteiger partial charge in [0, 0.05) is 17.6 Å². The van der Waals surface area contributed by atoms with E-state index in [1.165, 1.54) is 0 Å². The summed E-state index contributed by atoms with van der Waals surface area (Å²) in [5.74, 6) is -0.0101. The van der Waals surface area contributed by atoms with Crippen molar-refractivity contribution in [2.45, 2.75) is 37.8 Å². The van der Waals surface area contributed by atoms with E-state index in [0.29, 0.717) is 11.3 Å². The lowest BCUT2D eigenvalue weighted by Gasteiger charge is -2.39. The van der Waals surface area contributed by atoms with E-state index in [0.717, 1.165) is 31.4 Å². The Morgan fingerprint density at radius 3 is 2.62 bits per heavy atom. The molecule has 3 rings (SSSR count). The number of amides is 2. The zero-order valence-electron chi connectivity index (χ0n) is 11.7. The lowest BCUT2D eigenvalue weighted by Crippen LogP contribution is -2.48. The van der Waals surface area contributed by atoms with Crippen molar-refractivity contribution in [1.29, 1.82) is 0 Å². The van der Waals surface area contributed by atoms with Crippen LogP contribution in [-0.2, 0) is 4.79 Å². The second-order valence-corrected chi connectivity index (χ2v) is 5.67. The van der Waals surface area contributed by atoms with Crippen LogP contribution in [0.3, 0.4) is 0 Å². The molecule has 1 heterocycles. The molecule has 1 aliphatic carbocycles. The third-order valence-corrected chi connectivity index (χ3v) is 4.23. The summed E-state index contributed by atoms with van der Waals surface area (Å²) in [7, 11) is 0. The van der Waals surface area contributed by atoms with Crippen molar-refractivity contribution in [3.05, 3.63) is 23.8 Å². The number of nitrogens with two attached hydrogens (primary N) is 2. The SMILES string of the molecule is NC(=O)c1ccc2c(c1)OCC(=O)N2C1CCC(N)CC1. The molecule has 1 aromatic rings. The minimum atomic E-state index is -0.506. The first-order valence-electron chi connectivity index (χ1n) is 7.20. The number of anilines is 1. The molecular formula is C15H19N3O3. The number of fused-ring (bicyclic) bond motifs is 1. The smallest absolute Gasteiger partial charge is 0.265 e. The van der Waals surface area contributed by atoms with Crippen LogP contribution in [-0.4, -0.2) is 30.5 Å². The van der Waals surface area contributed by atoms with Crippen LogP contribution in [0.4, 0.5) is 5.69 Å². The Morgan fingerprint density at radius 1 is 1.24 bits per heavy atom. The van der Waals surface area contributed by atoms with E-state index in [9.17, 15) is 9.59 Å². The molecule has 21 heavy (non-hydrogen) atoms. The lowest BCUT2D eigenvalue weighted by atomic mass is 9.90. The van der Waals surface area contributed by atoms with Crippen LogP contribution in [0.25, 0.3) is 0 Å². The molecule has 0 unspecified atom stereocenters. The Hall–Kier alpha value is -2.08. The zero-order chi connectivity index (χ0) is 15.0. The molecule has 0 radical (unpaired) electrons. The van der Waals surface area contributed by atoms with Crippen LogP contribution in [0.2, 0.25) is 0 Å². The van der Waals surface area contributed by atoms with Gasteiger partial charge >= 0.3 is 0 Å². The van der Waals surface area contributed by atoms with Crippen molar-refractivity contribution in [3.8, 4) is 5.75 Å². The van der Waals surface area contributed by atoms with E-state index in [2.05, 4.69) is 0 Å². The Kier molecular flexibility index (Phi) is 3.55. The molecule has 112 valence electrons. The van der Waals surface area contributed by atoms with Crippen molar-refractivity contribution in [2.24, 2.45) is 11.5 Å². The van der Waals surface area contributed by atoms with E-state index >= 15 is 0 Å². The van der Waals surface area contributed by atoms with E-state index in [1.807, 2.05) is 0 Å². The molecule has 1 saturated carbocycles. The maximum absolute atomic E-state index is 12.2. The maximum atomic E-state index is 12.2. The number of hydrogen-bond donors (Lipinski definition) is 2. The molecule has 1 aromatic carbocycles. The summed E-state index contributed by atoms with van der Waals surface area (Å²) < 4.78 is 5.45. The molecule has 0 bridgehead atoms. The highest BCUT2D eigenvalue weighted by atomic mass is 16.5. The van der Waals surface area contributed by atoms with Gasteiger partial charge < -0.3 is 21.1 Å². The largest absolute Gasteiger partial charge is 0.482 e. The summed E-state index contributed by atoms with van der Waals surface area (Å²) in [6.45, 7) is -0.00221. The number of ether oxygens (including phenoxy) is 1. The molecule has 0 atom stereocenters. The Balaban J connectivity index is 1.92. The average Bonchev–Trinajstić information content (AvgIpc) is 2.48. The van der Waals surface area contributed by atoms with Gasteiger partial charge in [0.1, 0.15) is 5.75 Å². The second kappa shape index (κ2) is 5.37. The van der Waals surface area contributed by atoms with Gasteiger partial charge in [0.2, 0.25) is 5.91 Å². The molecule has 6 heteroatoms. The van der Waals surface area contributed by atoms with Crippen LogP contribution in [0.5, 0.6) is 5.75 Å². The predicted octanol–water partition coefficient (Wildman–Crippen LogP) is 0.781. The third-order valence-electron chi connectivity index (χ3n) is 4.23. The molecule has 0 aromatic heterocycles. The topological polar surface area (TPSA) is 98.7 Å². The first kappa shape index (κ1) is 13.9. The van der Waals surface area contributed by atoms with Gasteiger partial charge in [-0.05, 0) is 43.9 Å². The highest BCUT2D eigenvalue weighted by molar-refractivity contribution is 6.00. The quantitative estimate of drug-likeness (QED) is 0.840.